The van der Waals surface area contributed by atoms with Gasteiger partial charge in [0.05, 0.1) is 11.1 Å². The second kappa shape index (κ2) is 9.09. The van der Waals surface area contributed by atoms with Crippen molar-refractivity contribution < 1.29 is 22.8 Å². The van der Waals surface area contributed by atoms with Crippen LogP contribution in [-0.2, 0) is 11.0 Å². The zero-order valence-corrected chi connectivity index (χ0v) is 18.5. The molecule has 1 aliphatic rings. The van der Waals surface area contributed by atoms with E-state index in [9.17, 15) is 18.0 Å². The number of rotatable bonds is 4. The molecule has 0 radical (unpaired) electrons. The topological polar surface area (TPSA) is 32.8 Å². The standard InChI is InChI=1S/C23H26ClF3N2O2/c1-22(2,3)29(21(30)28-14-6-7-15-28)31-20(16-10-12-17(24)13-11-16)18-8-4-5-9-19(18)23(25,26)27/h4-5,8-13,20H,6-7,14-15H2,1-3H3/t20-/m1/s1. The zero-order valence-electron chi connectivity index (χ0n) is 17.7. The molecule has 8 heteroatoms. The molecule has 1 atom stereocenters. The van der Waals surface area contributed by atoms with Crippen LogP contribution in [0.2, 0.25) is 5.02 Å². The summed E-state index contributed by atoms with van der Waals surface area (Å²) in [5, 5.41) is 1.65. The number of carbonyl (C=O) groups excluding carboxylic acids is 1. The molecule has 0 saturated carbocycles. The minimum Gasteiger partial charge on any atom is -0.323 e. The third-order valence-electron chi connectivity index (χ3n) is 5.09. The maximum absolute atomic E-state index is 13.8. The Morgan fingerprint density at radius 2 is 1.61 bits per heavy atom. The van der Waals surface area contributed by atoms with E-state index < -0.39 is 23.4 Å². The zero-order chi connectivity index (χ0) is 22.8. The van der Waals surface area contributed by atoms with Crippen LogP contribution >= 0.6 is 11.6 Å². The molecule has 1 aliphatic heterocycles. The van der Waals surface area contributed by atoms with Crippen molar-refractivity contribution in [3.63, 3.8) is 0 Å². The maximum Gasteiger partial charge on any atom is 0.416 e. The van der Waals surface area contributed by atoms with Crippen molar-refractivity contribution in [1.82, 2.24) is 9.96 Å². The predicted octanol–water partition coefficient (Wildman–Crippen LogP) is 6.70. The van der Waals surface area contributed by atoms with E-state index in [0.29, 0.717) is 23.7 Å². The van der Waals surface area contributed by atoms with Gasteiger partial charge < -0.3 is 4.90 Å². The van der Waals surface area contributed by atoms with Crippen LogP contribution < -0.4 is 0 Å². The van der Waals surface area contributed by atoms with Crippen LogP contribution in [0.4, 0.5) is 18.0 Å². The quantitative estimate of drug-likeness (QED) is 0.482. The first-order valence-corrected chi connectivity index (χ1v) is 10.5. The average molecular weight is 455 g/mol. The predicted molar refractivity (Wildman–Crippen MR) is 114 cm³/mol. The third-order valence-corrected chi connectivity index (χ3v) is 5.34. The van der Waals surface area contributed by atoms with Crippen LogP contribution in [-0.4, -0.2) is 34.6 Å². The number of carbonyl (C=O) groups is 1. The van der Waals surface area contributed by atoms with E-state index in [4.69, 9.17) is 16.4 Å². The van der Waals surface area contributed by atoms with Gasteiger partial charge in [-0.1, -0.05) is 41.9 Å². The molecule has 0 bridgehead atoms. The Labute approximate surface area is 185 Å². The van der Waals surface area contributed by atoms with Crippen LogP contribution in [0, 0.1) is 0 Å². The van der Waals surface area contributed by atoms with Gasteiger partial charge in [-0.15, -0.1) is 0 Å². The van der Waals surface area contributed by atoms with Crippen LogP contribution in [0.15, 0.2) is 48.5 Å². The lowest BCUT2D eigenvalue weighted by molar-refractivity contribution is -0.201. The average Bonchev–Trinajstić information content (AvgIpc) is 3.23. The van der Waals surface area contributed by atoms with Crippen LogP contribution in [0.25, 0.3) is 0 Å². The summed E-state index contributed by atoms with van der Waals surface area (Å²) in [7, 11) is 0. The Kier molecular flexibility index (Phi) is 6.86. The molecule has 1 fully saturated rings. The Hall–Kier alpha value is -2.25. The van der Waals surface area contributed by atoms with Crippen molar-refractivity contribution in [2.45, 2.75) is 51.4 Å². The number of nitrogens with zero attached hydrogens (tertiary/aromatic N) is 2. The fourth-order valence-corrected chi connectivity index (χ4v) is 3.68. The highest BCUT2D eigenvalue weighted by molar-refractivity contribution is 6.30. The summed E-state index contributed by atoms with van der Waals surface area (Å²) in [6, 6.07) is 11.3. The number of benzene rings is 2. The van der Waals surface area contributed by atoms with Crippen LogP contribution in [0.3, 0.4) is 0 Å². The summed E-state index contributed by atoms with van der Waals surface area (Å²) < 4.78 is 41.4. The van der Waals surface area contributed by atoms with E-state index in [1.807, 2.05) is 0 Å². The van der Waals surface area contributed by atoms with Gasteiger partial charge in [-0.25, -0.2) is 4.79 Å². The van der Waals surface area contributed by atoms with E-state index in [2.05, 4.69) is 0 Å². The number of halogens is 4. The molecular formula is C23H26ClF3N2O2. The monoisotopic (exact) mass is 454 g/mol. The van der Waals surface area contributed by atoms with E-state index in [1.54, 1.807) is 49.9 Å². The lowest BCUT2D eigenvalue weighted by atomic mass is 9.96. The molecular weight excluding hydrogens is 429 g/mol. The Balaban J connectivity index is 2.08. The van der Waals surface area contributed by atoms with Gasteiger partial charge in [0.1, 0.15) is 6.10 Å². The fraction of sp³-hybridized carbons (Fsp3) is 0.435. The lowest BCUT2D eigenvalue weighted by Crippen LogP contribution is -2.51. The molecule has 2 aromatic carbocycles. The highest BCUT2D eigenvalue weighted by Crippen LogP contribution is 2.39. The molecule has 4 nitrogen and oxygen atoms in total. The van der Waals surface area contributed by atoms with Crippen molar-refractivity contribution in [3.05, 3.63) is 70.2 Å². The van der Waals surface area contributed by atoms with E-state index in [-0.39, 0.29) is 11.6 Å². The Morgan fingerprint density at radius 3 is 2.16 bits per heavy atom. The number of amides is 2. The van der Waals surface area contributed by atoms with E-state index in [0.717, 1.165) is 18.9 Å². The molecule has 0 spiro atoms. The van der Waals surface area contributed by atoms with Gasteiger partial charge >= 0.3 is 12.2 Å². The maximum atomic E-state index is 13.8. The van der Waals surface area contributed by atoms with Gasteiger partial charge in [0.2, 0.25) is 0 Å². The van der Waals surface area contributed by atoms with Crippen molar-refractivity contribution in [2.75, 3.05) is 13.1 Å². The second-order valence-electron chi connectivity index (χ2n) is 8.56. The van der Waals surface area contributed by atoms with E-state index >= 15 is 0 Å². The molecule has 3 rings (SSSR count). The number of hydroxylamine groups is 2. The fourth-order valence-electron chi connectivity index (χ4n) is 3.55. The Morgan fingerprint density at radius 1 is 1.03 bits per heavy atom. The normalized spacial score (nSPS) is 15.8. The molecule has 1 saturated heterocycles. The van der Waals surface area contributed by atoms with Gasteiger partial charge in [-0.05, 0) is 57.4 Å². The molecule has 168 valence electrons. The molecule has 31 heavy (non-hydrogen) atoms. The molecule has 0 aliphatic carbocycles. The summed E-state index contributed by atoms with van der Waals surface area (Å²) in [5.41, 5.74) is -1.19. The smallest absolute Gasteiger partial charge is 0.323 e. The van der Waals surface area contributed by atoms with Gasteiger partial charge in [0.15, 0.2) is 0 Å². The number of hydrogen-bond acceptors (Lipinski definition) is 2. The molecule has 2 aromatic rings. The number of hydrogen-bond donors (Lipinski definition) is 0. The molecule has 1 heterocycles. The first kappa shape index (κ1) is 23.4. The number of alkyl halides is 3. The van der Waals surface area contributed by atoms with E-state index in [1.165, 1.54) is 23.3 Å². The SMILES string of the molecule is CC(C)(C)N(O[C@H](c1ccc(Cl)cc1)c1ccccc1C(F)(F)F)C(=O)N1CCCC1. The highest BCUT2D eigenvalue weighted by Gasteiger charge is 2.39. The van der Waals surface area contributed by atoms with Gasteiger partial charge in [0.25, 0.3) is 0 Å². The summed E-state index contributed by atoms with van der Waals surface area (Å²) in [6.45, 7) is 6.56. The van der Waals surface area contributed by atoms with Crippen molar-refractivity contribution in [2.24, 2.45) is 0 Å². The molecule has 0 unspecified atom stereocenters. The molecule has 2 amide bonds. The second-order valence-corrected chi connectivity index (χ2v) is 9.00. The molecule has 0 aromatic heterocycles. The number of likely N-dealkylation sites (tertiary alicyclic amines) is 1. The largest absolute Gasteiger partial charge is 0.416 e. The van der Waals surface area contributed by atoms with Crippen molar-refractivity contribution in [1.29, 1.82) is 0 Å². The highest BCUT2D eigenvalue weighted by atomic mass is 35.5. The lowest BCUT2D eigenvalue weighted by Gasteiger charge is -2.39. The summed E-state index contributed by atoms with van der Waals surface area (Å²) in [4.78, 5) is 21.0. The summed E-state index contributed by atoms with van der Waals surface area (Å²) in [5.74, 6) is 0. The minimum atomic E-state index is -4.57. The number of urea groups is 1. The summed E-state index contributed by atoms with van der Waals surface area (Å²) >= 11 is 5.99. The van der Waals surface area contributed by atoms with Gasteiger partial charge in [0, 0.05) is 23.7 Å². The van der Waals surface area contributed by atoms with Crippen LogP contribution in [0.1, 0.15) is 56.4 Å². The third kappa shape index (κ3) is 5.52. The van der Waals surface area contributed by atoms with Crippen LogP contribution in [0.5, 0.6) is 0 Å². The first-order chi connectivity index (χ1) is 14.5. The molecule has 0 N–H and O–H groups in total. The van der Waals surface area contributed by atoms with Gasteiger partial charge in [-0.3, -0.25) is 4.84 Å². The van der Waals surface area contributed by atoms with Gasteiger partial charge in [-0.2, -0.15) is 18.2 Å². The van der Waals surface area contributed by atoms with Crippen molar-refractivity contribution >= 4 is 17.6 Å². The minimum absolute atomic E-state index is 0.0687. The Bertz CT molecular complexity index is 904. The summed E-state index contributed by atoms with van der Waals surface area (Å²) in [6.07, 6.45) is -3.94. The first-order valence-electron chi connectivity index (χ1n) is 10.2. The van der Waals surface area contributed by atoms with Crippen molar-refractivity contribution in [3.8, 4) is 0 Å².